The normalized spacial score (nSPS) is 13.1. The van der Waals surface area contributed by atoms with Gasteiger partial charge in [-0.05, 0) is 49.6 Å². The summed E-state index contributed by atoms with van der Waals surface area (Å²) in [6.07, 6.45) is 8.47. The molecule has 206 valence electrons. The Kier molecular flexibility index (Phi) is 16.0. The third-order valence-electron chi connectivity index (χ3n) is 6.44. The maximum absolute atomic E-state index is 12.0. The van der Waals surface area contributed by atoms with Crippen molar-refractivity contribution in [3.63, 3.8) is 0 Å². The zero-order valence-corrected chi connectivity index (χ0v) is 23.1. The molecular weight excluding hydrogens is 466 g/mol. The molecular formula is C28H47N7O2. The molecule has 2 heterocycles. The molecule has 2 aromatic heterocycles. The zero-order valence-electron chi connectivity index (χ0n) is 23.1. The zero-order chi connectivity index (χ0) is 27.6. The van der Waals surface area contributed by atoms with Crippen LogP contribution in [-0.4, -0.2) is 77.4 Å². The maximum Gasteiger partial charge on any atom is 0.239 e. The van der Waals surface area contributed by atoms with E-state index in [-0.39, 0.29) is 17.7 Å². The fourth-order valence-electron chi connectivity index (χ4n) is 3.54. The van der Waals surface area contributed by atoms with E-state index in [2.05, 4.69) is 9.97 Å². The summed E-state index contributed by atoms with van der Waals surface area (Å²) in [5.74, 6) is 0.225. The number of carbonyl (C=O) groups is 2. The van der Waals surface area contributed by atoms with Crippen LogP contribution in [0.2, 0.25) is 0 Å². The first-order chi connectivity index (χ1) is 17.7. The monoisotopic (exact) mass is 513 g/mol. The van der Waals surface area contributed by atoms with E-state index in [0.717, 1.165) is 43.5 Å². The second-order valence-electron chi connectivity index (χ2n) is 9.46. The second kappa shape index (κ2) is 18.4. The van der Waals surface area contributed by atoms with Gasteiger partial charge in [-0.2, -0.15) is 0 Å². The average Bonchev–Trinajstić information content (AvgIpc) is 2.94. The molecule has 3 atom stereocenters. The standard InChI is InChI=1S/C14H24N4O.C14H23N3O/c1-18(11-8-12-6-3-5-10-17-12)14(19)13(16)7-2-4-9-15;1-4-11(2)13(15)14(18)17(3)10-8-12-7-5-6-9-16-12/h3,5-6,10,13H,2,4,7-9,11,15-16H2,1H3;5-7,9,11,13H,4,8,10,15H2,1-3H3. The van der Waals surface area contributed by atoms with Gasteiger partial charge < -0.3 is 27.0 Å². The fraction of sp³-hybridized carbons (Fsp3) is 0.571. The SMILES string of the molecule is CCC(C)C(N)C(=O)N(C)CCc1ccccn1.CN(CCc1ccccn1)C(=O)C(N)CCCCN. The van der Waals surface area contributed by atoms with Gasteiger partial charge in [-0.1, -0.05) is 38.8 Å². The maximum atomic E-state index is 12.0. The molecule has 6 N–H and O–H groups in total. The molecule has 0 fully saturated rings. The van der Waals surface area contributed by atoms with Crippen LogP contribution < -0.4 is 17.2 Å². The molecule has 0 saturated carbocycles. The summed E-state index contributed by atoms with van der Waals surface area (Å²) in [7, 11) is 3.58. The molecule has 0 aliphatic carbocycles. The molecule has 0 radical (unpaired) electrons. The molecule has 0 saturated heterocycles. The third-order valence-corrected chi connectivity index (χ3v) is 6.44. The molecule has 0 aromatic carbocycles. The number of pyridine rings is 2. The van der Waals surface area contributed by atoms with E-state index in [1.54, 1.807) is 36.3 Å². The Morgan fingerprint density at radius 1 is 0.865 bits per heavy atom. The summed E-state index contributed by atoms with van der Waals surface area (Å²) in [6.45, 7) is 6.00. The molecule has 0 aliphatic rings. The molecule has 0 aliphatic heterocycles. The van der Waals surface area contributed by atoms with Crippen molar-refractivity contribution in [1.82, 2.24) is 19.8 Å². The Morgan fingerprint density at radius 3 is 1.81 bits per heavy atom. The lowest BCUT2D eigenvalue weighted by atomic mass is 9.99. The van der Waals surface area contributed by atoms with Crippen molar-refractivity contribution in [2.24, 2.45) is 23.1 Å². The van der Waals surface area contributed by atoms with E-state index >= 15 is 0 Å². The van der Waals surface area contributed by atoms with Crippen LogP contribution in [0.4, 0.5) is 0 Å². The first-order valence-electron chi connectivity index (χ1n) is 13.2. The lowest BCUT2D eigenvalue weighted by Crippen LogP contribution is -2.46. The van der Waals surface area contributed by atoms with Gasteiger partial charge in [0.1, 0.15) is 0 Å². The van der Waals surface area contributed by atoms with Crippen LogP contribution in [0.3, 0.4) is 0 Å². The Balaban J connectivity index is 0.000000371. The number of nitrogens with two attached hydrogens (primary N) is 3. The summed E-state index contributed by atoms with van der Waals surface area (Å²) in [4.78, 5) is 35.9. The molecule has 2 aromatic rings. The second-order valence-corrected chi connectivity index (χ2v) is 9.46. The molecule has 37 heavy (non-hydrogen) atoms. The largest absolute Gasteiger partial charge is 0.344 e. The lowest BCUT2D eigenvalue weighted by Gasteiger charge is -2.24. The van der Waals surface area contributed by atoms with Crippen molar-refractivity contribution < 1.29 is 9.59 Å². The predicted molar refractivity (Wildman–Crippen MR) is 149 cm³/mol. The Labute approximate surface area is 222 Å². The molecule has 0 bridgehead atoms. The Bertz CT molecular complexity index is 883. The number of hydrogen-bond donors (Lipinski definition) is 3. The average molecular weight is 514 g/mol. The van der Waals surface area contributed by atoms with Gasteiger partial charge >= 0.3 is 0 Å². The number of rotatable bonds is 14. The summed E-state index contributed by atoms with van der Waals surface area (Å²) < 4.78 is 0. The summed E-state index contributed by atoms with van der Waals surface area (Å²) in [5, 5.41) is 0. The van der Waals surface area contributed by atoms with Crippen molar-refractivity contribution >= 4 is 11.8 Å². The number of amides is 2. The predicted octanol–water partition coefficient (Wildman–Crippen LogP) is 1.99. The van der Waals surface area contributed by atoms with Gasteiger partial charge in [0.25, 0.3) is 0 Å². The molecule has 0 spiro atoms. The smallest absolute Gasteiger partial charge is 0.239 e. The van der Waals surface area contributed by atoms with Gasteiger partial charge in [-0.15, -0.1) is 0 Å². The third kappa shape index (κ3) is 12.8. The highest BCUT2D eigenvalue weighted by Gasteiger charge is 2.22. The number of carbonyl (C=O) groups excluding carboxylic acids is 2. The van der Waals surface area contributed by atoms with Gasteiger partial charge in [0.15, 0.2) is 0 Å². The van der Waals surface area contributed by atoms with Crippen molar-refractivity contribution in [1.29, 1.82) is 0 Å². The Morgan fingerprint density at radius 2 is 1.38 bits per heavy atom. The lowest BCUT2D eigenvalue weighted by molar-refractivity contribution is -0.132. The highest BCUT2D eigenvalue weighted by Crippen LogP contribution is 2.08. The summed E-state index contributed by atoms with van der Waals surface area (Å²) >= 11 is 0. The number of aromatic nitrogens is 2. The summed E-state index contributed by atoms with van der Waals surface area (Å²) in [5.41, 5.74) is 19.2. The first kappa shape index (κ1) is 32.1. The highest BCUT2D eigenvalue weighted by atomic mass is 16.2. The van der Waals surface area contributed by atoms with Crippen molar-refractivity contribution in [2.75, 3.05) is 33.7 Å². The van der Waals surface area contributed by atoms with Crippen LogP contribution >= 0.6 is 0 Å². The van der Waals surface area contributed by atoms with Crippen molar-refractivity contribution in [2.45, 2.75) is 64.5 Å². The molecule has 3 unspecified atom stereocenters. The van der Waals surface area contributed by atoms with E-state index < -0.39 is 12.1 Å². The van der Waals surface area contributed by atoms with Crippen molar-refractivity contribution in [3.8, 4) is 0 Å². The number of hydrogen-bond acceptors (Lipinski definition) is 7. The van der Waals surface area contributed by atoms with Crippen LogP contribution in [0.1, 0.15) is 50.9 Å². The number of nitrogens with zero attached hydrogens (tertiary/aromatic N) is 4. The Hall–Kier alpha value is -2.88. The van der Waals surface area contributed by atoms with Crippen LogP contribution in [0.25, 0.3) is 0 Å². The van der Waals surface area contributed by atoms with E-state index in [4.69, 9.17) is 17.2 Å². The molecule has 9 nitrogen and oxygen atoms in total. The van der Waals surface area contributed by atoms with E-state index in [9.17, 15) is 9.59 Å². The van der Waals surface area contributed by atoms with Gasteiger partial charge in [0.2, 0.25) is 11.8 Å². The van der Waals surface area contributed by atoms with Crippen LogP contribution in [0, 0.1) is 5.92 Å². The van der Waals surface area contributed by atoms with Gasteiger partial charge in [-0.3, -0.25) is 19.6 Å². The number of unbranched alkanes of at least 4 members (excludes halogenated alkanes) is 1. The topological polar surface area (TPSA) is 144 Å². The quantitative estimate of drug-likeness (QED) is 0.328. The van der Waals surface area contributed by atoms with E-state index in [0.29, 0.717) is 26.1 Å². The van der Waals surface area contributed by atoms with Crippen LogP contribution in [-0.2, 0) is 22.4 Å². The first-order valence-corrected chi connectivity index (χ1v) is 13.2. The molecule has 2 rings (SSSR count). The molecule has 9 heteroatoms. The van der Waals surface area contributed by atoms with Gasteiger partial charge in [0, 0.05) is 63.8 Å². The minimum Gasteiger partial charge on any atom is -0.344 e. The summed E-state index contributed by atoms with van der Waals surface area (Å²) in [6, 6.07) is 10.8. The minimum absolute atomic E-state index is 0.00653. The minimum atomic E-state index is -0.416. The van der Waals surface area contributed by atoms with Gasteiger partial charge in [-0.25, -0.2) is 0 Å². The van der Waals surface area contributed by atoms with E-state index in [1.807, 2.05) is 50.2 Å². The number of likely N-dealkylation sites (N-methyl/N-ethyl adjacent to an activating group) is 2. The van der Waals surface area contributed by atoms with Crippen LogP contribution in [0.15, 0.2) is 48.8 Å². The van der Waals surface area contributed by atoms with Gasteiger partial charge in [0.05, 0.1) is 12.1 Å². The highest BCUT2D eigenvalue weighted by molar-refractivity contribution is 5.82. The molecule has 2 amide bonds. The van der Waals surface area contributed by atoms with Crippen molar-refractivity contribution in [3.05, 3.63) is 60.2 Å². The van der Waals surface area contributed by atoms with E-state index in [1.165, 1.54) is 0 Å². The van der Waals surface area contributed by atoms with Crippen LogP contribution in [0.5, 0.6) is 0 Å². The fourth-order valence-corrected chi connectivity index (χ4v) is 3.54.